The standard InChI is InChI=1S/C10H16N/c11-9-5-4-8-10-6-2-1-3-7-10/h8,10H,1-3,6-7,9,11H2. The summed E-state index contributed by atoms with van der Waals surface area (Å²) in [6.07, 6.45) is 8.97. The van der Waals surface area contributed by atoms with E-state index in [1.54, 1.807) is 0 Å². The smallest absolute Gasteiger partial charge is 0.0551 e. The van der Waals surface area contributed by atoms with Crippen molar-refractivity contribution < 1.29 is 0 Å². The van der Waals surface area contributed by atoms with Crippen LogP contribution in [0.2, 0.25) is 0 Å². The van der Waals surface area contributed by atoms with Crippen LogP contribution in [-0.2, 0) is 0 Å². The molecule has 0 saturated heterocycles. The van der Waals surface area contributed by atoms with Crippen LogP contribution in [0.3, 0.4) is 0 Å². The molecule has 61 valence electrons. The second-order valence-electron chi connectivity index (χ2n) is 3.09. The molecule has 11 heavy (non-hydrogen) atoms. The number of hydrogen-bond donors (Lipinski definition) is 1. The fraction of sp³-hybridized carbons (Fsp3) is 0.700. The Labute approximate surface area is 69.4 Å². The normalized spacial score (nSPS) is 19.0. The number of rotatable bonds is 1. The maximum absolute atomic E-state index is 5.25. The van der Waals surface area contributed by atoms with Crippen LogP contribution in [0.4, 0.5) is 0 Å². The maximum Gasteiger partial charge on any atom is 0.0551 e. The Morgan fingerprint density at radius 2 is 2.00 bits per heavy atom. The van der Waals surface area contributed by atoms with Gasteiger partial charge in [-0.2, -0.15) is 0 Å². The second-order valence-corrected chi connectivity index (χ2v) is 3.09. The molecular weight excluding hydrogens is 134 g/mol. The number of hydrogen-bond acceptors (Lipinski definition) is 1. The predicted octanol–water partition coefficient (Wildman–Crippen LogP) is 1.73. The molecule has 1 fully saturated rings. The highest BCUT2D eigenvalue weighted by atomic mass is 14.5. The molecule has 2 N–H and O–H groups in total. The van der Waals surface area contributed by atoms with Crippen molar-refractivity contribution in [3.05, 3.63) is 6.42 Å². The first-order valence-corrected chi connectivity index (χ1v) is 4.45. The minimum Gasteiger partial charge on any atom is -0.320 e. The summed E-state index contributed by atoms with van der Waals surface area (Å²) in [5.74, 6) is 6.63. The summed E-state index contributed by atoms with van der Waals surface area (Å²) in [7, 11) is 0. The van der Waals surface area contributed by atoms with Gasteiger partial charge in [0, 0.05) is 6.42 Å². The van der Waals surface area contributed by atoms with Crippen LogP contribution in [-0.4, -0.2) is 6.54 Å². The Balaban J connectivity index is 2.14. The summed E-state index contributed by atoms with van der Waals surface area (Å²) < 4.78 is 0. The molecular formula is C10H16N. The van der Waals surface area contributed by atoms with Gasteiger partial charge in [0.25, 0.3) is 0 Å². The monoisotopic (exact) mass is 150 g/mol. The maximum atomic E-state index is 5.25. The largest absolute Gasteiger partial charge is 0.320 e. The summed E-state index contributed by atoms with van der Waals surface area (Å²) >= 11 is 0. The lowest BCUT2D eigenvalue weighted by molar-refractivity contribution is 0.406. The zero-order valence-electron chi connectivity index (χ0n) is 6.97. The fourth-order valence-corrected chi connectivity index (χ4v) is 1.54. The topological polar surface area (TPSA) is 26.0 Å². The third kappa shape index (κ3) is 3.43. The van der Waals surface area contributed by atoms with Crippen molar-refractivity contribution in [1.29, 1.82) is 0 Å². The van der Waals surface area contributed by atoms with Crippen molar-refractivity contribution in [2.45, 2.75) is 32.1 Å². The molecule has 0 aromatic carbocycles. The Kier molecular flexibility index (Phi) is 4.08. The molecule has 0 heterocycles. The van der Waals surface area contributed by atoms with Gasteiger partial charge in [-0.25, -0.2) is 0 Å². The molecule has 0 unspecified atom stereocenters. The predicted molar refractivity (Wildman–Crippen MR) is 47.7 cm³/mol. The van der Waals surface area contributed by atoms with Gasteiger partial charge in [-0.15, -0.1) is 0 Å². The van der Waals surface area contributed by atoms with E-state index in [1.807, 2.05) is 0 Å². The molecule has 0 atom stereocenters. The molecule has 1 heteroatoms. The summed E-state index contributed by atoms with van der Waals surface area (Å²) in [6, 6.07) is 0. The molecule has 1 aliphatic carbocycles. The van der Waals surface area contributed by atoms with Crippen molar-refractivity contribution in [2.24, 2.45) is 11.7 Å². The highest BCUT2D eigenvalue weighted by Crippen LogP contribution is 2.24. The Morgan fingerprint density at radius 3 is 2.64 bits per heavy atom. The highest BCUT2D eigenvalue weighted by Gasteiger charge is 2.11. The zero-order chi connectivity index (χ0) is 7.94. The summed E-state index contributed by atoms with van der Waals surface area (Å²) in [5.41, 5.74) is 5.25. The molecule has 1 rings (SSSR count). The lowest BCUT2D eigenvalue weighted by Gasteiger charge is -2.18. The average Bonchev–Trinajstić information content (AvgIpc) is 2.07. The first-order chi connectivity index (χ1) is 5.43. The number of nitrogens with two attached hydrogens (primary N) is 1. The zero-order valence-corrected chi connectivity index (χ0v) is 6.97. The van der Waals surface area contributed by atoms with Crippen LogP contribution in [0.5, 0.6) is 0 Å². The lowest BCUT2D eigenvalue weighted by Crippen LogP contribution is -2.05. The van der Waals surface area contributed by atoms with E-state index >= 15 is 0 Å². The molecule has 1 nitrogen and oxygen atoms in total. The van der Waals surface area contributed by atoms with Gasteiger partial charge in [0.2, 0.25) is 0 Å². The second kappa shape index (κ2) is 5.21. The van der Waals surface area contributed by atoms with E-state index in [1.165, 1.54) is 32.1 Å². The van der Waals surface area contributed by atoms with Crippen molar-refractivity contribution in [3.8, 4) is 11.8 Å². The van der Waals surface area contributed by atoms with Crippen LogP contribution in [0.15, 0.2) is 0 Å². The summed E-state index contributed by atoms with van der Waals surface area (Å²) in [6.45, 7) is 0.489. The first-order valence-electron chi connectivity index (χ1n) is 4.45. The van der Waals surface area contributed by atoms with Crippen LogP contribution in [0.1, 0.15) is 32.1 Å². The van der Waals surface area contributed by atoms with Crippen LogP contribution in [0, 0.1) is 24.2 Å². The fourth-order valence-electron chi connectivity index (χ4n) is 1.54. The van der Waals surface area contributed by atoms with E-state index in [-0.39, 0.29) is 0 Å². The van der Waals surface area contributed by atoms with Gasteiger partial charge in [0.05, 0.1) is 6.54 Å². The minimum absolute atomic E-state index is 0.489. The third-order valence-corrected chi connectivity index (χ3v) is 2.17. The molecule has 0 aromatic heterocycles. The highest BCUT2D eigenvalue weighted by molar-refractivity contribution is 5.12. The van der Waals surface area contributed by atoms with Gasteiger partial charge in [-0.1, -0.05) is 31.1 Å². The molecule has 1 aliphatic rings. The average molecular weight is 150 g/mol. The third-order valence-electron chi connectivity index (χ3n) is 2.17. The van der Waals surface area contributed by atoms with E-state index in [9.17, 15) is 0 Å². The van der Waals surface area contributed by atoms with Crippen LogP contribution < -0.4 is 5.73 Å². The van der Waals surface area contributed by atoms with E-state index in [2.05, 4.69) is 18.3 Å². The van der Waals surface area contributed by atoms with E-state index in [4.69, 9.17) is 5.73 Å². The summed E-state index contributed by atoms with van der Waals surface area (Å²) in [4.78, 5) is 0. The van der Waals surface area contributed by atoms with Gasteiger partial charge >= 0.3 is 0 Å². The molecule has 0 aromatic rings. The van der Waals surface area contributed by atoms with Crippen LogP contribution in [0.25, 0.3) is 0 Å². The van der Waals surface area contributed by atoms with Crippen LogP contribution >= 0.6 is 0 Å². The van der Waals surface area contributed by atoms with Crippen molar-refractivity contribution in [2.75, 3.05) is 6.54 Å². The molecule has 0 aliphatic heterocycles. The first kappa shape index (κ1) is 8.62. The van der Waals surface area contributed by atoms with E-state index in [0.717, 1.165) is 5.92 Å². The van der Waals surface area contributed by atoms with Gasteiger partial charge in [-0.3, -0.25) is 0 Å². The molecule has 0 spiro atoms. The van der Waals surface area contributed by atoms with Crippen molar-refractivity contribution in [1.82, 2.24) is 0 Å². The van der Waals surface area contributed by atoms with E-state index < -0.39 is 0 Å². The summed E-state index contributed by atoms with van der Waals surface area (Å²) in [5, 5.41) is 0. The lowest BCUT2D eigenvalue weighted by atomic mass is 9.87. The van der Waals surface area contributed by atoms with Gasteiger partial charge < -0.3 is 5.73 Å². The minimum atomic E-state index is 0.489. The molecule has 0 bridgehead atoms. The molecule has 1 radical (unpaired) electrons. The van der Waals surface area contributed by atoms with Gasteiger partial charge in [-0.05, 0) is 18.8 Å². The van der Waals surface area contributed by atoms with Crippen molar-refractivity contribution in [3.63, 3.8) is 0 Å². The molecule has 0 amide bonds. The van der Waals surface area contributed by atoms with E-state index in [0.29, 0.717) is 6.54 Å². The van der Waals surface area contributed by atoms with Gasteiger partial charge in [0.1, 0.15) is 0 Å². The van der Waals surface area contributed by atoms with Gasteiger partial charge in [0.15, 0.2) is 0 Å². The quantitative estimate of drug-likeness (QED) is 0.566. The van der Waals surface area contributed by atoms with Crippen molar-refractivity contribution >= 4 is 0 Å². The Morgan fingerprint density at radius 1 is 1.27 bits per heavy atom. The molecule has 1 saturated carbocycles. The Hall–Kier alpha value is -0.480. The SMILES string of the molecule is NCC#C[CH]C1CCCCC1. The Bertz CT molecular complexity index is 146.